The van der Waals surface area contributed by atoms with Gasteiger partial charge in [0.15, 0.2) is 0 Å². The molecule has 138 valence electrons. The highest BCUT2D eigenvalue weighted by Crippen LogP contribution is 2.33. The largest absolute Gasteiger partial charge is 0.460 e. The molecule has 1 aromatic carbocycles. The molecule has 0 heterocycles. The lowest BCUT2D eigenvalue weighted by molar-refractivity contribution is -0.160. The minimum atomic E-state index is -0.728. The number of benzene rings is 1. The van der Waals surface area contributed by atoms with Crippen molar-refractivity contribution in [2.24, 2.45) is 11.8 Å². The maximum Gasteiger partial charge on any atom is 0.309 e. The summed E-state index contributed by atoms with van der Waals surface area (Å²) in [4.78, 5) is 24.3. The van der Waals surface area contributed by atoms with Crippen LogP contribution in [0.4, 0.5) is 4.39 Å². The van der Waals surface area contributed by atoms with Gasteiger partial charge in [-0.3, -0.25) is 9.59 Å². The maximum absolute atomic E-state index is 13.7. The highest BCUT2D eigenvalue weighted by Gasteiger charge is 2.39. The van der Waals surface area contributed by atoms with Crippen LogP contribution in [-0.2, 0) is 9.53 Å². The normalized spacial score (nSPS) is 23.4. The van der Waals surface area contributed by atoms with E-state index in [4.69, 9.17) is 16.3 Å². The molecule has 0 radical (unpaired) electrons. The fourth-order valence-corrected chi connectivity index (χ4v) is 3.18. The minimum absolute atomic E-state index is 0.0242. The molecule has 0 spiro atoms. The summed E-state index contributed by atoms with van der Waals surface area (Å²) >= 11 is 5.86. The Labute approximate surface area is 151 Å². The number of aliphatic hydroxyl groups excluding tert-OH is 1. The summed E-state index contributed by atoms with van der Waals surface area (Å²) in [6.45, 7) is 5.48. The van der Waals surface area contributed by atoms with Crippen LogP contribution in [-0.4, -0.2) is 35.2 Å². The van der Waals surface area contributed by atoms with Gasteiger partial charge in [-0.25, -0.2) is 4.39 Å². The third-order valence-electron chi connectivity index (χ3n) is 4.11. The zero-order chi connectivity index (χ0) is 18.8. The molecule has 1 aromatic rings. The number of hydrogen-bond donors (Lipinski definition) is 2. The second kappa shape index (κ2) is 7.70. The standard InChI is InChI=1S/C18H23ClFNO4/c1-18(2,3)25-17(24)10-7-11(14(22)8-10)9-21-16(23)15-12(19)5-4-6-13(15)20/h4-6,10-11,14,22H,7-9H2,1-3H3,(H,21,23)/t10-,11-,14-/m0/s1. The molecule has 3 atom stereocenters. The zero-order valence-corrected chi connectivity index (χ0v) is 15.3. The van der Waals surface area contributed by atoms with E-state index in [-0.39, 0.29) is 35.4 Å². The number of halogens is 2. The lowest BCUT2D eigenvalue weighted by Crippen LogP contribution is -2.33. The number of rotatable bonds is 4. The second-order valence-electron chi connectivity index (χ2n) is 7.34. The van der Waals surface area contributed by atoms with Crippen LogP contribution in [0.5, 0.6) is 0 Å². The summed E-state index contributed by atoms with van der Waals surface area (Å²) in [7, 11) is 0. The molecule has 0 bridgehead atoms. The van der Waals surface area contributed by atoms with Crippen molar-refractivity contribution in [3.8, 4) is 0 Å². The molecule has 7 heteroatoms. The summed E-state index contributed by atoms with van der Waals surface area (Å²) in [6.07, 6.45) is -0.0361. The van der Waals surface area contributed by atoms with Gasteiger partial charge in [-0.2, -0.15) is 0 Å². The number of esters is 1. The van der Waals surface area contributed by atoms with Crippen LogP contribution >= 0.6 is 11.6 Å². The van der Waals surface area contributed by atoms with Crippen molar-refractivity contribution in [1.29, 1.82) is 0 Å². The Bertz CT molecular complexity index is 639. The average Bonchev–Trinajstić information content (AvgIpc) is 2.84. The van der Waals surface area contributed by atoms with E-state index in [1.54, 1.807) is 20.8 Å². The van der Waals surface area contributed by atoms with Gasteiger partial charge in [0.2, 0.25) is 0 Å². The number of carbonyl (C=O) groups is 2. The van der Waals surface area contributed by atoms with E-state index in [0.29, 0.717) is 6.42 Å². The third-order valence-corrected chi connectivity index (χ3v) is 4.43. The number of carbonyl (C=O) groups excluding carboxylic acids is 2. The molecule has 1 aliphatic rings. The van der Waals surface area contributed by atoms with Crippen molar-refractivity contribution in [1.82, 2.24) is 5.32 Å². The lowest BCUT2D eigenvalue weighted by atomic mass is 10.0. The molecule has 1 aliphatic carbocycles. The van der Waals surface area contributed by atoms with Crippen molar-refractivity contribution in [2.75, 3.05) is 6.54 Å². The number of hydrogen-bond acceptors (Lipinski definition) is 4. The smallest absolute Gasteiger partial charge is 0.309 e. The molecule has 2 rings (SSSR count). The van der Waals surface area contributed by atoms with Gasteiger partial charge in [-0.05, 0) is 45.7 Å². The van der Waals surface area contributed by atoms with E-state index in [2.05, 4.69) is 5.32 Å². The van der Waals surface area contributed by atoms with Crippen molar-refractivity contribution in [3.05, 3.63) is 34.6 Å². The fraction of sp³-hybridized carbons (Fsp3) is 0.556. The van der Waals surface area contributed by atoms with Gasteiger partial charge in [0.25, 0.3) is 5.91 Å². The molecule has 0 unspecified atom stereocenters. The Morgan fingerprint density at radius 1 is 1.36 bits per heavy atom. The predicted octanol–water partition coefficient (Wildman–Crippen LogP) is 2.94. The summed E-state index contributed by atoms with van der Waals surface area (Å²) < 4.78 is 19.1. The van der Waals surface area contributed by atoms with Crippen molar-refractivity contribution in [3.63, 3.8) is 0 Å². The van der Waals surface area contributed by atoms with E-state index in [1.807, 2.05) is 0 Å². The summed E-state index contributed by atoms with van der Waals surface area (Å²) in [5, 5.41) is 12.7. The van der Waals surface area contributed by atoms with E-state index in [0.717, 1.165) is 6.07 Å². The highest BCUT2D eigenvalue weighted by atomic mass is 35.5. The first-order chi connectivity index (χ1) is 11.6. The Morgan fingerprint density at radius 3 is 2.64 bits per heavy atom. The third kappa shape index (κ3) is 5.16. The molecule has 2 N–H and O–H groups in total. The van der Waals surface area contributed by atoms with E-state index >= 15 is 0 Å². The van der Waals surface area contributed by atoms with E-state index in [1.165, 1.54) is 12.1 Å². The molecule has 1 fully saturated rings. The minimum Gasteiger partial charge on any atom is -0.460 e. The van der Waals surface area contributed by atoms with Gasteiger partial charge in [-0.15, -0.1) is 0 Å². The van der Waals surface area contributed by atoms with Gasteiger partial charge in [0, 0.05) is 12.5 Å². The number of nitrogens with one attached hydrogen (secondary N) is 1. The average molecular weight is 372 g/mol. The van der Waals surface area contributed by atoms with Crippen LogP contribution in [0.25, 0.3) is 0 Å². The Balaban J connectivity index is 1.93. The molecule has 0 saturated heterocycles. The number of aliphatic hydroxyl groups is 1. The summed E-state index contributed by atoms with van der Waals surface area (Å²) in [5.41, 5.74) is -0.809. The van der Waals surface area contributed by atoms with Crippen LogP contribution in [0.1, 0.15) is 44.0 Å². The second-order valence-corrected chi connectivity index (χ2v) is 7.74. The molecule has 1 amide bonds. The van der Waals surface area contributed by atoms with Crippen LogP contribution in [0.3, 0.4) is 0 Å². The van der Waals surface area contributed by atoms with Gasteiger partial charge < -0.3 is 15.2 Å². The zero-order valence-electron chi connectivity index (χ0n) is 14.5. The SMILES string of the molecule is CC(C)(C)OC(=O)[C@H]1C[C@@H](CNC(=O)c2c(F)cccc2Cl)[C@@H](O)C1. The molecular weight excluding hydrogens is 349 g/mol. The van der Waals surface area contributed by atoms with Crippen molar-refractivity contribution >= 4 is 23.5 Å². The van der Waals surface area contributed by atoms with Crippen LogP contribution in [0, 0.1) is 17.7 Å². The van der Waals surface area contributed by atoms with Crippen LogP contribution in [0.2, 0.25) is 5.02 Å². The molecule has 5 nitrogen and oxygen atoms in total. The van der Waals surface area contributed by atoms with Gasteiger partial charge in [0.1, 0.15) is 11.4 Å². The Kier molecular flexibility index (Phi) is 6.06. The van der Waals surface area contributed by atoms with Crippen LogP contribution in [0.15, 0.2) is 18.2 Å². The topological polar surface area (TPSA) is 75.6 Å². The summed E-state index contributed by atoms with van der Waals surface area (Å²) in [5.74, 6) is -2.41. The molecule has 0 aliphatic heterocycles. The first-order valence-corrected chi connectivity index (χ1v) is 8.59. The van der Waals surface area contributed by atoms with Crippen molar-refractivity contribution < 1.29 is 23.8 Å². The van der Waals surface area contributed by atoms with E-state index < -0.39 is 29.3 Å². The monoisotopic (exact) mass is 371 g/mol. The quantitative estimate of drug-likeness (QED) is 0.798. The summed E-state index contributed by atoms with van der Waals surface area (Å²) in [6, 6.07) is 4.01. The molecule has 1 saturated carbocycles. The number of ether oxygens (including phenoxy) is 1. The van der Waals surface area contributed by atoms with Gasteiger partial charge in [0.05, 0.1) is 22.6 Å². The van der Waals surface area contributed by atoms with Crippen molar-refractivity contribution in [2.45, 2.75) is 45.3 Å². The first kappa shape index (κ1) is 19.7. The van der Waals surface area contributed by atoms with E-state index in [9.17, 15) is 19.1 Å². The number of amides is 1. The highest BCUT2D eigenvalue weighted by molar-refractivity contribution is 6.33. The fourth-order valence-electron chi connectivity index (χ4n) is 2.93. The Hall–Kier alpha value is -1.66. The van der Waals surface area contributed by atoms with Gasteiger partial charge >= 0.3 is 5.97 Å². The molecule has 25 heavy (non-hydrogen) atoms. The molecule has 0 aromatic heterocycles. The van der Waals surface area contributed by atoms with Crippen LogP contribution < -0.4 is 5.32 Å². The predicted molar refractivity (Wildman–Crippen MR) is 91.8 cm³/mol. The first-order valence-electron chi connectivity index (χ1n) is 8.21. The lowest BCUT2D eigenvalue weighted by Gasteiger charge is -2.22. The van der Waals surface area contributed by atoms with Gasteiger partial charge in [-0.1, -0.05) is 17.7 Å². The molecular formula is C18H23ClFNO4. The maximum atomic E-state index is 13.7. The Morgan fingerprint density at radius 2 is 2.04 bits per heavy atom.